The summed E-state index contributed by atoms with van der Waals surface area (Å²) in [6.45, 7) is 3.63. The van der Waals surface area contributed by atoms with Gasteiger partial charge in [0, 0.05) is 56.0 Å². The Morgan fingerprint density at radius 2 is 2.04 bits per heavy atom. The summed E-state index contributed by atoms with van der Waals surface area (Å²) in [4.78, 5) is 26.5. The van der Waals surface area contributed by atoms with Gasteiger partial charge in [-0.3, -0.25) is 4.79 Å². The molecule has 2 aliphatic heterocycles. The predicted octanol–water partition coefficient (Wildman–Crippen LogP) is 2.35. The highest BCUT2D eigenvalue weighted by atomic mass is 16.5. The van der Waals surface area contributed by atoms with Crippen LogP contribution in [-0.2, 0) is 6.42 Å². The second-order valence-corrected chi connectivity index (χ2v) is 8.44. The van der Waals surface area contributed by atoms with Crippen LogP contribution < -0.4 is 4.90 Å². The number of hydrogen-bond donors (Lipinski definition) is 0. The Kier molecular flexibility index (Phi) is 3.34. The van der Waals surface area contributed by atoms with E-state index in [1.165, 1.54) is 24.1 Å². The summed E-state index contributed by atoms with van der Waals surface area (Å²) in [6, 6.07) is 1.84. The zero-order valence-electron chi connectivity index (χ0n) is 15.3. The van der Waals surface area contributed by atoms with Gasteiger partial charge in [-0.15, -0.1) is 0 Å². The maximum atomic E-state index is 12.8. The zero-order chi connectivity index (χ0) is 18.0. The van der Waals surface area contributed by atoms with Crippen LogP contribution >= 0.6 is 0 Å². The molecule has 2 aromatic heterocycles. The normalized spacial score (nSPS) is 26.5. The molecule has 0 bridgehead atoms. The Labute approximate surface area is 157 Å². The average Bonchev–Trinajstić information content (AvgIpc) is 3.13. The van der Waals surface area contributed by atoms with Crippen molar-refractivity contribution in [1.29, 1.82) is 0 Å². The number of carbonyl (C=O) groups excluding carboxylic acids is 1. The van der Waals surface area contributed by atoms with Crippen LogP contribution in [0.3, 0.4) is 0 Å². The van der Waals surface area contributed by atoms with Crippen LogP contribution in [0.15, 0.2) is 16.8 Å². The van der Waals surface area contributed by atoms with Crippen LogP contribution in [0.1, 0.15) is 65.0 Å². The SMILES string of the molecule is O=C(c1cc(C2CC2)on1)N1CC2Cc3nc(N4CCCC4)ncc3C2C1. The van der Waals surface area contributed by atoms with Crippen molar-refractivity contribution in [3.8, 4) is 0 Å². The largest absolute Gasteiger partial charge is 0.360 e. The molecule has 0 N–H and O–H groups in total. The van der Waals surface area contributed by atoms with Crippen LogP contribution in [-0.4, -0.2) is 52.1 Å². The summed E-state index contributed by atoms with van der Waals surface area (Å²) in [6.07, 6.45) is 7.70. The summed E-state index contributed by atoms with van der Waals surface area (Å²) in [5, 5.41) is 4.02. The van der Waals surface area contributed by atoms with E-state index in [9.17, 15) is 4.79 Å². The molecule has 0 aromatic carbocycles. The lowest BCUT2D eigenvalue weighted by atomic mass is 9.98. The first-order valence-corrected chi connectivity index (χ1v) is 10.1. The molecule has 7 nitrogen and oxygen atoms in total. The molecule has 27 heavy (non-hydrogen) atoms. The van der Waals surface area contributed by atoms with E-state index >= 15 is 0 Å². The fraction of sp³-hybridized carbons (Fsp3) is 0.600. The predicted molar refractivity (Wildman–Crippen MR) is 97.8 cm³/mol. The van der Waals surface area contributed by atoms with Crippen molar-refractivity contribution in [2.75, 3.05) is 31.1 Å². The molecular weight excluding hydrogens is 342 g/mol. The van der Waals surface area contributed by atoms with Gasteiger partial charge in [-0.1, -0.05) is 5.16 Å². The minimum absolute atomic E-state index is 0.00351. The number of nitrogens with zero attached hydrogens (tertiary/aromatic N) is 5. The number of aromatic nitrogens is 3. The maximum absolute atomic E-state index is 12.8. The fourth-order valence-corrected chi connectivity index (χ4v) is 4.92. The Hall–Kier alpha value is -2.44. The van der Waals surface area contributed by atoms with Crippen molar-refractivity contribution < 1.29 is 9.32 Å². The molecule has 6 rings (SSSR count). The van der Waals surface area contributed by atoms with E-state index in [1.807, 2.05) is 17.2 Å². The molecular formula is C20H23N5O2. The van der Waals surface area contributed by atoms with Crippen molar-refractivity contribution in [1.82, 2.24) is 20.0 Å². The van der Waals surface area contributed by atoms with Gasteiger partial charge in [0.05, 0.1) is 0 Å². The second kappa shape index (κ2) is 5.78. The fourth-order valence-electron chi connectivity index (χ4n) is 4.92. The molecule has 2 aromatic rings. The van der Waals surface area contributed by atoms with Crippen LogP contribution in [0.25, 0.3) is 0 Å². The van der Waals surface area contributed by atoms with Crippen LogP contribution in [0.4, 0.5) is 5.95 Å². The zero-order valence-corrected chi connectivity index (χ0v) is 15.3. The van der Waals surface area contributed by atoms with E-state index in [-0.39, 0.29) is 5.91 Å². The average molecular weight is 365 g/mol. The number of carbonyl (C=O) groups is 1. The van der Waals surface area contributed by atoms with Crippen LogP contribution in [0, 0.1) is 5.92 Å². The van der Waals surface area contributed by atoms with E-state index in [4.69, 9.17) is 9.51 Å². The lowest BCUT2D eigenvalue weighted by Crippen LogP contribution is -2.30. The minimum atomic E-state index is -0.00351. The number of amides is 1. The molecule has 3 fully saturated rings. The first-order valence-electron chi connectivity index (χ1n) is 10.1. The van der Waals surface area contributed by atoms with Crippen molar-refractivity contribution in [2.24, 2.45) is 5.92 Å². The molecule has 2 aliphatic carbocycles. The highest BCUT2D eigenvalue weighted by molar-refractivity contribution is 5.92. The third-order valence-corrected chi connectivity index (χ3v) is 6.59. The monoisotopic (exact) mass is 365 g/mol. The topological polar surface area (TPSA) is 75.4 Å². The molecule has 4 aliphatic rings. The summed E-state index contributed by atoms with van der Waals surface area (Å²) < 4.78 is 5.36. The number of anilines is 1. The smallest absolute Gasteiger partial charge is 0.276 e. The van der Waals surface area contributed by atoms with E-state index < -0.39 is 0 Å². The Balaban J connectivity index is 1.19. The summed E-state index contributed by atoms with van der Waals surface area (Å²) in [5.74, 6) is 3.02. The minimum Gasteiger partial charge on any atom is -0.360 e. The lowest BCUT2D eigenvalue weighted by Gasteiger charge is -2.18. The van der Waals surface area contributed by atoms with Crippen molar-refractivity contribution in [3.63, 3.8) is 0 Å². The van der Waals surface area contributed by atoms with E-state index in [1.54, 1.807) is 0 Å². The molecule has 2 saturated heterocycles. The van der Waals surface area contributed by atoms with Crippen molar-refractivity contribution in [3.05, 3.63) is 35.0 Å². The van der Waals surface area contributed by atoms with Gasteiger partial charge in [-0.05, 0) is 43.6 Å². The quantitative estimate of drug-likeness (QED) is 0.831. The molecule has 2 unspecified atom stereocenters. The van der Waals surface area contributed by atoms with E-state index in [0.29, 0.717) is 23.4 Å². The highest BCUT2D eigenvalue weighted by Gasteiger charge is 2.43. The van der Waals surface area contributed by atoms with Crippen molar-refractivity contribution in [2.45, 2.75) is 43.9 Å². The van der Waals surface area contributed by atoms with Crippen LogP contribution in [0.2, 0.25) is 0 Å². The van der Waals surface area contributed by atoms with Gasteiger partial charge in [0.25, 0.3) is 5.91 Å². The summed E-state index contributed by atoms with van der Waals surface area (Å²) >= 11 is 0. The molecule has 1 saturated carbocycles. The molecule has 0 spiro atoms. The van der Waals surface area contributed by atoms with Gasteiger partial charge in [0.2, 0.25) is 5.95 Å². The number of hydrogen-bond acceptors (Lipinski definition) is 6. The number of likely N-dealkylation sites (tertiary alicyclic amines) is 1. The van der Waals surface area contributed by atoms with Gasteiger partial charge >= 0.3 is 0 Å². The van der Waals surface area contributed by atoms with Gasteiger partial charge in [0.1, 0.15) is 5.76 Å². The Bertz CT molecular complexity index is 900. The third kappa shape index (κ3) is 2.55. The standard InChI is InChI=1S/C20H23N5O2/c26-19(17-8-18(27-23-17)12-3-4-12)25-10-13-7-16-14(15(13)11-25)9-21-20(22-16)24-5-1-2-6-24/h8-9,12-13,15H,1-7,10-11H2. The second-order valence-electron chi connectivity index (χ2n) is 8.44. The Morgan fingerprint density at radius 3 is 2.85 bits per heavy atom. The maximum Gasteiger partial charge on any atom is 0.276 e. The summed E-state index contributed by atoms with van der Waals surface area (Å²) in [5.41, 5.74) is 2.88. The number of fused-ring (bicyclic) bond motifs is 3. The van der Waals surface area contributed by atoms with Crippen LogP contribution in [0.5, 0.6) is 0 Å². The van der Waals surface area contributed by atoms with Gasteiger partial charge in [-0.2, -0.15) is 0 Å². The van der Waals surface area contributed by atoms with E-state index in [2.05, 4.69) is 15.0 Å². The molecule has 4 heterocycles. The highest BCUT2D eigenvalue weighted by Crippen LogP contribution is 2.43. The molecule has 1 amide bonds. The van der Waals surface area contributed by atoms with Crippen molar-refractivity contribution >= 4 is 11.9 Å². The summed E-state index contributed by atoms with van der Waals surface area (Å²) in [7, 11) is 0. The van der Waals surface area contributed by atoms with Gasteiger partial charge < -0.3 is 14.3 Å². The third-order valence-electron chi connectivity index (χ3n) is 6.59. The Morgan fingerprint density at radius 1 is 1.19 bits per heavy atom. The van der Waals surface area contributed by atoms with Gasteiger partial charge in [-0.25, -0.2) is 9.97 Å². The lowest BCUT2D eigenvalue weighted by molar-refractivity contribution is 0.0774. The molecule has 7 heteroatoms. The number of rotatable bonds is 3. The molecule has 0 radical (unpaired) electrons. The van der Waals surface area contributed by atoms with Gasteiger partial charge in [0.15, 0.2) is 5.69 Å². The first kappa shape index (κ1) is 15.6. The molecule has 140 valence electrons. The van der Waals surface area contributed by atoms with E-state index in [0.717, 1.165) is 57.2 Å². The first-order chi connectivity index (χ1) is 13.3. The molecule has 2 atom stereocenters.